The number of aryl methyl sites for hydroxylation is 2. The summed E-state index contributed by atoms with van der Waals surface area (Å²) in [6, 6.07) is 8.86. The average molecular weight is 363 g/mol. The third-order valence-corrected chi connectivity index (χ3v) is 5.79. The minimum absolute atomic E-state index is 0.406. The summed E-state index contributed by atoms with van der Waals surface area (Å²) < 4.78 is 13.5. The van der Waals surface area contributed by atoms with Crippen molar-refractivity contribution in [2.75, 3.05) is 26.4 Å². The molecule has 0 N–H and O–H groups in total. The molecule has 0 aromatic carbocycles. The molecule has 3 aromatic rings. The van der Waals surface area contributed by atoms with Crippen molar-refractivity contribution in [1.29, 1.82) is 0 Å². The first kappa shape index (κ1) is 16.9. The van der Waals surface area contributed by atoms with E-state index in [9.17, 15) is 0 Å². The van der Waals surface area contributed by atoms with Gasteiger partial charge in [-0.05, 0) is 56.5 Å². The summed E-state index contributed by atoms with van der Waals surface area (Å²) in [6.07, 6.45) is 4.06. The van der Waals surface area contributed by atoms with Crippen LogP contribution in [0.5, 0.6) is 0 Å². The molecule has 140 valence electrons. The fourth-order valence-electron chi connectivity index (χ4n) is 4.32. The van der Waals surface area contributed by atoms with E-state index in [4.69, 9.17) is 14.5 Å². The second kappa shape index (κ2) is 6.73. The highest BCUT2D eigenvalue weighted by Crippen LogP contribution is 2.35. The molecule has 5 heterocycles. The zero-order chi connectivity index (χ0) is 18.4. The molecule has 2 atom stereocenters. The summed E-state index contributed by atoms with van der Waals surface area (Å²) in [7, 11) is 0. The Hall–Kier alpha value is -2.24. The van der Waals surface area contributed by atoms with Crippen LogP contribution in [0, 0.1) is 13.8 Å². The topological polar surface area (TPSA) is 48.7 Å². The van der Waals surface area contributed by atoms with Crippen LogP contribution in [0.2, 0.25) is 0 Å². The molecule has 2 fully saturated rings. The minimum atomic E-state index is 0.406. The molecule has 5 rings (SSSR count). The van der Waals surface area contributed by atoms with E-state index in [0.29, 0.717) is 11.8 Å². The van der Waals surface area contributed by atoms with Crippen molar-refractivity contribution in [3.63, 3.8) is 0 Å². The number of aromatic nitrogens is 3. The first-order valence-electron chi connectivity index (χ1n) is 9.81. The van der Waals surface area contributed by atoms with Crippen molar-refractivity contribution in [3.05, 3.63) is 53.2 Å². The number of pyridine rings is 1. The first-order chi connectivity index (χ1) is 13.2. The highest BCUT2D eigenvalue weighted by atomic mass is 16.5. The van der Waals surface area contributed by atoms with Gasteiger partial charge < -0.3 is 13.9 Å². The van der Waals surface area contributed by atoms with Crippen molar-refractivity contribution in [2.45, 2.75) is 38.5 Å². The monoisotopic (exact) mass is 363 g/mol. The van der Waals surface area contributed by atoms with Crippen LogP contribution in [0.15, 0.2) is 30.6 Å². The molecule has 3 aromatic heterocycles. The predicted molar refractivity (Wildman–Crippen MR) is 104 cm³/mol. The van der Waals surface area contributed by atoms with Crippen LogP contribution in [0.1, 0.15) is 47.3 Å². The number of hydrogen-bond donors (Lipinski definition) is 0. The maximum atomic E-state index is 5.64. The number of rotatable bonds is 3. The Kier molecular flexibility index (Phi) is 4.21. The molecule has 2 aliphatic heterocycles. The van der Waals surface area contributed by atoms with Crippen LogP contribution in [0.25, 0.3) is 16.8 Å². The van der Waals surface area contributed by atoms with Gasteiger partial charge in [0.15, 0.2) is 0 Å². The molecule has 0 amide bonds. The van der Waals surface area contributed by atoms with Crippen molar-refractivity contribution >= 4 is 5.52 Å². The molecular weight excluding hydrogens is 338 g/mol. The van der Waals surface area contributed by atoms with Gasteiger partial charge in [-0.3, -0.25) is 4.98 Å². The third kappa shape index (κ3) is 3.05. The second-order valence-corrected chi connectivity index (χ2v) is 7.84. The standard InChI is InChI=1S/C22H25N3O2/c1-14-7-19(16-3-5-26-11-16)24-20(8-14)18-10-21(17-4-6-27-12-17)25-13-23-15(2)9-22(18)25/h7-10,13,16-17H,3-6,11-12H2,1-2H3. The highest BCUT2D eigenvalue weighted by Gasteiger charge is 2.25. The fourth-order valence-corrected chi connectivity index (χ4v) is 4.32. The predicted octanol–water partition coefficient (Wildman–Crippen LogP) is 4.02. The maximum absolute atomic E-state index is 5.64. The molecule has 0 bridgehead atoms. The lowest BCUT2D eigenvalue weighted by Crippen LogP contribution is -2.02. The van der Waals surface area contributed by atoms with Crippen LogP contribution in [-0.2, 0) is 9.47 Å². The lowest BCUT2D eigenvalue weighted by Gasteiger charge is -2.11. The fraction of sp³-hybridized carbons (Fsp3) is 0.455. The van der Waals surface area contributed by atoms with E-state index in [1.807, 2.05) is 13.3 Å². The number of fused-ring (bicyclic) bond motifs is 1. The second-order valence-electron chi connectivity index (χ2n) is 7.84. The van der Waals surface area contributed by atoms with Gasteiger partial charge in [-0.1, -0.05) is 0 Å². The zero-order valence-corrected chi connectivity index (χ0v) is 15.9. The van der Waals surface area contributed by atoms with Crippen molar-refractivity contribution < 1.29 is 9.47 Å². The molecule has 5 heteroatoms. The smallest absolute Gasteiger partial charge is 0.0996 e. The van der Waals surface area contributed by atoms with E-state index in [2.05, 4.69) is 40.6 Å². The van der Waals surface area contributed by atoms with Crippen molar-refractivity contribution in [2.24, 2.45) is 0 Å². The van der Waals surface area contributed by atoms with Crippen molar-refractivity contribution in [1.82, 2.24) is 14.4 Å². The van der Waals surface area contributed by atoms with Gasteiger partial charge in [0.25, 0.3) is 0 Å². The van der Waals surface area contributed by atoms with E-state index in [1.165, 1.54) is 22.3 Å². The molecule has 0 spiro atoms. The van der Waals surface area contributed by atoms with Gasteiger partial charge >= 0.3 is 0 Å². The summed E-state index contributed by atoms with van der Waals surface area (Å²) in [6.45, 7) is 7.43. The minimum Gasteiger partial charge on any atom is -0.381 e. The Bertz CT molecular complexity index is 983. The Morgan fingerprint density at radius 1 is 0.963 bits per heavy atom. The van der Waals surface area contributed by atoms with Gasteiger partial charge in [0, 0.05) is 47.7 Å². The molecule has 5 nitrogen and oxygen atoms in total. The zero-order valence-electron chi connectivity index (χ0n) is 15.9. The Morgan fingerprint density at radius 2 is 1.74 bits per heavy atom. The van der Waals surface area contributed by atoms with Gasteiger partial charge in [-0.25, -0.2) is 4.98 Å². The van der Waals surface area contributed by atoms with Gasteiger partial charge in [-0.2, -0.15) is 0 Å². The summed E-state index contributed by atoms with van der Waals surface area (Å²) in [4.78, 5) is 9.59. The lowest BCUT2D eigenvalue weighted by atomic mass is 10.0. The Morgan fingerprint density at radius 3 is 2.48 bits per heavy atom. The van der Waals surface area contributed by atoms with Crippen LogP contribution < -0.4 is 0 Å². The number of ether oxygens (including phenoxy) is 2. The molecule has 2 aliphatic rings. The molecule has 0 radical (unpaired) electrons. The number of nitrogens with zero attached hydrogens (tertiary/aromatic N) is 3. The van der Waals surface area contributed by atoms with Gasteiger partial charge in [0.2, 0.25) is 0 Å². The lowest BCUT2D eigenvalue weighted by molar-refractivity contribution is 0.193. The maximum Gasteiger partial charge on any atom is 0.0996 e. The molecule has 2 unspecified atom stereocenters. The van der Waals surface area contributed by atoms with Crippen LogP contribution in [0.3, 0.4) is 0 Å². The van der Waals surface area contributed by atoms with Crippen LogP contribution >= 0.6 is 0 Å². The summed E-state index contributed by atoms with van der Waals surface area (Å²) in [5.41, 5.74) is 8.11. The molecule has 2 saturated heterocycles. The normalized spacial score (nSPS) is 22.7. The summed E-state index contributed by atoms with van der Waals surface area (Å²) >= 11 is 0. The molecule has 27 heavy (non-hydrogen) atoms. The van der Waals surface area contributed by atoms with Crippen LogP contribution in [-0.4, -0.2) is 40.8 Å². The highest BCUT2D eigenvalue weighted by molar-refractivity contribution is 5.80. The van der Waals surface area contributed by atoms with E-state index in [1.54, 1.807) is 0 Å². The summed E-state index contributed by atoms with van der Waals surface area (Å²) in [5, 5.41) is 0. The van der Waals surface area contributed by atoms with Gasteiger partial charge in [-0.15, -0.1) is 0 Å². The Balaban J connectivity index is 1.67. The quantitative estimate of drug-likeness (QED) is 0.705. The van der Waals surface area contributed by atoms with Crippen molar-refractivity contribution in [3.8, 4) is 11.3 Å². The van der Waals surface area contributed by atoms with Gasteiger partial charge in [0.1, 0.15) is 0 Å². The van der Waals surface area contributed by atoms with E-state index in [-0.39, 0.29) is 0 Å². The Labute approximate surface area is 159 Å². The van der Waals surface area contributed by atoms with E-state index in [0.717, 1.165) is 56.4 Å². The van der Waals surface area contributed by atoms with Gasteiger partial charge in [0.05, 0.1) is 30.8 Å². The molecule has 0 saturated carbocycles. The first-order valence-corrected chi connectivity index (χ1v) is 9.81. The largest absolute Gasteiger partial charge is 0.381 e. The van der Waals surface area contributed by atoms with E-state index >= 15 is 0 Å². The summed E-state index contributed by atoms with van der Waals surface area (Å²) in [5.74, 6) is 0.826. The van der Waals surface area contributed by atoms with Crippen LogP contribution in [0.4, 0.5) is 0 Å². The third-order valence-electron chi connectivity index (χ3n) is 5.79. The van der Waals surface area contributed by atoms with E-state index < -0.39 is 0 Å². The molecular formula is C22H25N3O2. The number of hydrogen-bond acceptors (Lipinski definition) is 4. The average Bonchev–Trinajstić information content (AvgIpc) is 3.41. The molecule has 0 aliphatic carbocycles. The SMILES string of the molecule is Cc1cc(-c2cc(C3CCOC3)n3cnc(C)cc23)nc(C2CCOC2)c1.